The van der Waals surface area contributed by atoms with E-state index in [1.165, 1.54) is 11.8 Å². The minimum Gasteiger partial charge on any atom is -0.325 e. The zero-order valence-electron chi connectivity index (χ0n) is 17.7. The normalized spacial score (nSPS) is 10.9. The quantitative estimate of drug-likeness (QED) is 0.299. The molecule has 166 valence electrons. The molecule has 0 saturated heterocycles. The van der Waals surface area contributed by atoms with Crippen molar-refractivity contribution in [2.45, 2.75) is 12.1 Å². The number of benzene rings is 2. The smallest absolute Gasteiger partial charge is 0.257 e. The lowest BCUT2D eigenvalue weighted by atomic mass is 10.1. The summed E-state index contributed by atoms with van der Waals surface area (Å²) in [6, 6.07) is 18.4. The number of hydrogen-bond donors (Lipinski definition) is 3. The van der Waals surface area contributed by atoms with Crippen LogP contribution in [0.3, 0.4) is 0 Å². The number of nitrogens with zero attached hydrogens (tertiary/aromatic N) is 2. The molecule has 33 heavy (non-hydrogen) atoms. The molecule has 0 radical (unpaired) electrons. The van der Waals surface area contributed by atoms with Crippen molar-refractivity contribution < 1.29 is 9.59 Å². The van der Waals surface area contributed by atoms with Gasteiger partial charge in [-0.05, 0) is 60.4 Å². The SMILES string of the molecule is Cc1cccc(NC(=O)c2ccccc2NC(=O)CSc2n[nH]c(C=Cc3cccs3)n2)c1. The summed E-state index contributed by atoms with van der Waals surface area (Å²) in [6.07, 6.45) is 3.79. The number of carbonyl (C=O) groups is 2. The lowest BCUT2D eigenvalue weighted by Crippen LogP contribution is -2.19. The number of thiophene rings is 1. The summed E-state index contributed by atoms with van der Waals surface area (Å²) < 4.78 is 0. The van der Waals surface area contributed by atoms with Crippen molar-refractivity contribution >= 4 is 58.4 Å². The minimum absolute atomic E-state index is 0.111. The van der Waals surface area contributed by atoms with Gasteiger partial charge in [-0.1, -0.05) is 42.1 Å². The van der Waals surface area contributed by atoms with Crippen molar-refractivity contribution in [2.75, 3.05) is 16.4 Å². The zero-order valence-corrected chi connectivity index (χ0v) is 19.4. The molecule has 2 aromatic heterocycles. The van der Waals surface area contributed by atoms with Gasteiger partial charge < -0.3 is 10.6 Å². The van der Waals surface area contributed by atoms with Gasteiger partial charge in [0.25, 0.3) is 5.91 Å². The number of hydrogen-bond acceptors (Lipinski definition) is 6. The number of aryl methyl sites for hydroxylation is 1. The van der Waals surface area contributed by atoms with E-state index in [4.69, 9.17) is 0 Å². The lowest BCUT2D eigenvalue weighted by molar-refractivity contribution is -0.113. The highest BCUT2D eigenvalue weighted by molar-refractivity contribution is 7.99. The number of anilines is 2. The zero-order chi connectivity index (χ0) is 23.0. The Bertz CT molecular complexity index is 1280. The van der Waals surface area contributed by atoms with Crippen LogP contribution in [0.15, 0.2) is 71.2 Å². The molecule has 2 amide bonds. The maximum absolute atomic E-state index is 12.8. The summed E-state index contributed by atoms with van der Waals surface area (Å²) >= 11 is 2.85. The second-order valence-corrected chi connectivity index (χ2v) is 8.98. The van der Waals surface area contributed by atoms with Gasteiger partial charge in [-0.2, -0.15) is 0 Å². The van der Waals surface area contributed by atoms with Crippen LogP contribution in [-0.2, 0) is 4.79 Å². The fourth-order valence-corrected chi connectivity index (χ4v) is 4.20. The maximum Gasteiger partial charge on any atom is 0.257 e. The van der Waals surface area contributed by atoms with Gasteiger partial charge in [0.15, 0.2) is 0 Å². The fraction of sp³-hybridized carbons (Fsp3) is 0.0833. The molecule has 2 heterocycles. The third-order valence-corrected chi connectivity index (χ3v) is 6.17. The van der Waals surface area contributed by atoms with Crippen molar-refractivity contribution in [3.63, 3.8) is 0 Å². The summed E-state index contributed by atoms with van der Waals surface area (Å²) in [5, 5.41) is 15.1. The van der Waals surface area contributed by atoms with E-state index >= 15 is 0 Å². The monoisotopic (exact) mass is 475 g/mol. The first-order chi connectivity index (χ1) is 16.1. The van der Waals surface area contributed by atoms with Crippen LogP contribution in [0.2, 0.25) is 0 Å². The van der Waals surface area contributed by atoms with Crippen LogP contribution in [0.5, 0.6) is 0 Å². The molecule has 4 aromatic rings. The highest BCUT2D eigenvalue weighted by Gasteiger charge is 2.14. The average molecular weight is 476 g/mol. The molecular formula is C24H21N5O2S2. The van der Waals surface area contributed by atoms with Crippen molar-refractivity contribution in [1.82, 2.24) is 15.2 Å². The first-order valence-electron chi connectivity index (χ1n) is 10.1. The summed E-state index contributed by atoms with van der Waals surface area (Å²) in [5.41, 5.74) is 2.58. The van der Waals surface area contributed by atoms with E-state index in [0.29, 0.717) is 27.9 Å². The van der Waals surface area contributed by atoms with Crippen LogP contribution >= 0.6 is 23.1 Å². The number of amides is 2. The number of nitrogens with one attached hydrogen (secondary N) is 3. The molecule has 4 rings (SSSR count). The Morgan fingerprint density at radius 3 is 2.76 bits per heavy atom. The van der Waals surface area contributed by atoms with Gasteiger partial charge in [0.2, 0.25) is 11.1 Å². The predicted octanol–water partition coefficient (Wildman–Crippen LogP) is 5.33. The molecule has 0 aliphatic carbocycles. The Labute approximate surface area is 199 Å². The molecule has 0 spiro atoms. The summed E-state index contributed by atoms with van der Waals surface area (Å²) in [7, 11) is 0. The fourth-order valence-electron chi connectivity index (χ4n) is 2.97. The molecule has 7 nitrogen and oxygen atoms in total. The molecule has 9 heteroatoms. The van der Waals surface area contributed by atoms with E-state index in [9.17, 15) is 9.59 Å². The van der Waals surface area contributed by atoms with E-state index in [-0.39, 0.29) is 17.6 Å². The Morgan fingerprint density at radius 2 is 1.94 bits per heavy atom. The van der Waals surface area contributed by atoms with Crippen molar-refractivity contribution in [2.24, 2.45) is 0 Å². The van der Waals surface area contributed by atoms with Crippen LogP contribution in [-0.4, -0.2) is 32.7 Å². The number of para-hydroxylation sites is 1. The number of aromatic amines is 1. The Hall–Kier alpha value is -3.69. The Balaban J connectivity index is 1.34. The van der Waals surface area contributed by atoms with Crippen LogP contribution in [0, 0.1) is 6.92 Å². The first-order valence-corrected chi connectivity index (χ1v) is 12.0. The molecule has 0 fully saturated rings. The Kier molecular flexibility index (Phi) is 7.33. The second kappa shape index (κ2) is 10.8. The van der Waals surface area contributed by atoms with Gasteiger partial charge in [0.1, 0.15) is 5.82 Å². The van der Waals surface area contributed by atoms with Gasteiger partial charge >= 0.3 is 0 Å². The summed E-state index contributed by atoms with van der Waals surface area (Å²) in [5.74, 6) is 0.181. The highest BCUT2D eigenvalue weighted by atomic mass is 32.2. The van der Waals surface area contributed by atoms with Crippen LogP contribution < -0.4 is 10.6 Å². The second-order valence-electron chi connectivity index (χ2n) is 7.06. The first kappa shape index (κ1) is 22.5. The molecule has 0 bridgehead atoms. The number of H-pyrrole nitrogens is 1. The molecule has 2 aromatic carbocycles. The third kappa shape index (κ3) is 6.41. The standard InChI is InChI=1S/C24H21N5O2S2/c1-16-6-4-7-17(14-16)25-23(31)19-9-2-3-10-20(19)26-22(30)15-33-24-27-21(28-29-24)12-11-18-8-5-13-32-18/h2-14H,15H2,1H3,(H,25,31)(H,26,30)(H,27,28,29). The van der Waals surface area contributed by atoms with Gasteiger partial charge in [-0.15, -0.1) is 16.4 Å². The van der Waals surface area contributed by atoms with Gasteiger partial charge in [-0.3, -0.25) is 14.7 Å². The maximum atomic E-state index is 12.8. The van der Waals surface area contributed by atoms with Crippen molar-refractivity contribution in [1.29, 1.82) is 0 Å². The largest absolute Gasteiger partial charge is 0.325 e. The van der Waals surface area contributed by atoms with E-state index in [1.807, 2.05) is 60.9 Å². The van der Waals surface area contributed by atoms with Gasteiger partial charge in [0, 0.05) is 10.6 Å². The molecule has 0 atom stereocenters. The topological polar surface area (TPSA) is 99.8 Å². The Morgan fingerprint density at radius 1 is 1.06 bits per heavy atom. The predicted molar refractivity (Wildman–Crippen MR) is 135 cm³/mol. The third-order valence-electron chi connectivity index (χ3n) is 4.48. The van der Waals surface area contributed by atoms with E-state index in [2.05, 4.69) is 25.8 Å². The van der Waals surface area contributed by atoms with E-state index < -0.39 is 0 Å². The molecule has 0 unspecified atom stereocenters. The van der Waals surface area contributed by atoms with E-state index in [0.717, 1.165) is 10.4 Å². The van der Waals surface area contributed by atoms with Gasteiger partial charge in [0.05, 0.1) is 17.0 Å². The molecular weight excluding hydrogens is 454 g/mol. The van der Waals surface area contributed by atoms with E-state index in [1.54, 1.807) is 35.6 Å². The average Bonchev–Trinajstić information content (AvgIpc) is 3.49. The van der Waals surface area contributed by atoms with Crippen LogP contribution in [0.4, 0.5) is 11.4 Å². The molecule has 0 aliphatic heterocycles. The summed E-state index contributed by atoms with van der Waals surface area (Å²) in [6.45, 7) is 1.96. The van der Waals surface area contributed by atoms with Crippen molar-refractivity contribution in [3.8, 4) is 0 Å². The van der Waals surface area contributed by atoms with Crippen LogP contribution in [0.1, 0.15) is 26.6 Å². The molecule has 0 aliphatic rings. The summed E-state index contributed by atoms with van der Waals surface area (Å²) in [4.78, 5) is 30.7. The van der Waals surface area contributed by atoms with Gasteiger partial charge in [-0.25, -0.2) is 4.98 Å². The molecule has 0 saturated carbocycles. The molecule has 3 N–H and O–H groups in total. The minimum atomic E-state index is -0.291. The number of aromatic nitrogens is 3. The number of carbonyl (C=O) groups excluding carboxylic acids is 2. The number of rotatable bonds is 8. The van der Waals surface area contributed by atoms with Crippen molar-refractivity contribution in [3.05, 3.63) is 87.9 Å². The lowest BCUT2D eigenvalue weighted by Gasteiger charge is -2.11. The number of thioether (sulfide) groups is 1. The van der Waals surface area contributed by atoms with Crippen LogP contribution in [0.25, 0.3) is 12.2 Å². The highest BCUT2D eigenvalue weighted by Crippen LogP contribution is 2.20.